The van der Waals surface area contributed by atoms with E-state index in [-0.39, 0.29) is 5.91 Å². The minimum absolute atomic E-state index is 0.0369. The first-order chi connectivity index (χ1) is 11.6. The quantitative estimate of drug-likeness (QED) is 0.832. The van der Waals surface area contributed by atoms with Gasteiger partial charge in [0.1, 0.15) is 17.8 Å². The molecule has 2 rings (SSSR count). The van der Waals surface area contributed by atoms with Gasteiger partial charge in [-0.3, -0.25) is 4.79 Å². The molecule has 1 aromatic heterocycles. The molecule has 0 spiro atoms. The van der Waals surface area contributed by atoms with Gasteiger partial charge in [0.25, 0.3) is 5.91 Å². The summed E-state index contributed by atoms with van der Waals surface area (Å²) in [6.07, 6.45) is 3.31. The molecule has 0 unspecified atom stereocenters. The van der Waals surface area contributed by atoms with Crippen LogP contribution < -0.4 is 5.32 Å². The number of hydrogen-bond acceptors (Lipinski definition) is 4. The molecule has 1 amide bonds. The highest BCUT2D eigenvalue weighted by Gasteiger charge is 2.16. The summed E-state index contributed by atoms with van der Waals surface area (Å²) >= 11 is 0. The van der Waals surface area contributed by atoms with Gasteiger partial charge in [-0.1, -0.05) is 26.0 Å². The van der Waals surface area contributed by atoms with E-state index in [0.717, 1.165) is 31.6 Å². The second kappa shape index (κ2) is 8.43. The summed E-state index contributed by atoms with van der Waals surface area (Å²) in [6.45, 7) is 9.78. The molecule has 1 heterocycles. The predicted molar refractivity (Wildman–Crippen MR) is 97.7 cm³/mol. The summed E-state index contributed by atoms with van der Waals surface area (Å²) in [5.74, 6) is 0.597. The minimum Gasteiger partial charge on any atom is -0.340 e. The first-order valence-electron chi connectivity index (χ1n) is 8.51. The number of nitrogens with zero attached hydrogens (tertiary/aromatic N) is 3. The van der Waals surface area contributed by atoms with Gasteiger partial charge >= 0.3 is 0 Å². The van der Waals surface area contributed by atoms with Crippen molar-refractivity contribution < 1.29 is 4.79 Å². The van der Waals surface area contributed by atoms with Gasteiger partial charge in [0.15, 0.2) is 0 Å². The fourth-order valence-electron chi connectivity index (χ4n) is 2.58. The highest BCUT2D eigenvalue weighted by molar-refractivity contribution is 5.93. The SMILES string of the molecule is CCCN(CCC)C(=O)c1cc(Nc2cccc(C)c2C)ncn1. The lowest BCUT2D eigenvalue weighted by Crippen LogP contribution is -2.33. The van der Waals surface area contributed by atoms with Gasteiger partial charge in [-0.25, -0.2) is 9.97 Å². The molecule has 128 valence electrons. The topological polar surface area (TPSA) is 58.1 Å². The molecule has 1 aromatic carbocycles. The van der Waals surface area contributed by atoms with E-state index in [1.807, 2.05) is 17.0 Å². The molecule has 0 aliphatic heterocycles. The van der Waals surface area contributed by atoms with E-state index in [9.17, 15) is 4.79 Å². The summed E-state index contributed by atoms with van der Waals surface area (Å²) in [4.78, 5) is 22.9. The fraction of sp³-hybridized carbons (Fsp3) is 0.421. The molecule has 0 atom stereocenters. The number of anilines is 2. The van der Waals surface area contributed by atoms with Gasteiger partial charge in [-0.2, -0.15) is 0 Å². The molecule has 0 radical (unpaired) electrons. The Morgan fingerprint density at radius 2 is 1.83 bits per heavy atom. The molecular weight excluding hydrogens is 300 g/mol. The van der Waals surface area contributed by atoms with E-state index < -0.39 is 0 Å². The first-order valence-corrected chi connectivity index (χ1v) is 8.51. The van der Waals surface area contributed by atoms with Crippen LogP contribution in [0, 0.1) is 13.8 Å². The molecule has 0 aliphatic rings. The van der Waals surface area contributed by atoms with Crippen molar-refractivity contribution in [3.63, 3.8) is 0 Å². The summed E-state index contributed by atoms with van der Waals surface area (Å²) in [6, 6.07) is 7.81. The molecule has 0 fully saturated rings. The largest absolute Gasteiger partial charge is 0.340 e. The molecule has 5 heteroatoms. The smallest absolute Gasteiger partial charge is 0.272 e. The van der Waals surface area contributed by atoms with Crippen LogP contribution in [-0.4, -0.2) is 33.9 Å². The summed E-state index contributed by atoms with van der Waals surface area (Å²) in [7, 11) is 0. The van der Waals surface area contributed by atoms with Crippen molar-refractivity contribution in [3.8, 4) is 0 Å². The lowest BCUT2D eigenvalue weighted by atomic mass is 10.1. The maximum atomic E-state index is 12.7. The van der Waals surface area contributed by atoms with E-state index >= 15 is 0 Å². The Hall–Kier alpha value is -2.43. The molecule has 24 heavy (non-hydrogen) atoms. The number of aryl methyl sites for hydroxylation is 1. The van der Waals surface area contributed by atoms with E-state index in [0.29, 0.717) is 11.5 Å². The van der Waals surface area contributed by atoms with Gasteiger partial charge in [-0.15, -0.1) is 0 Å². The lowest BCUT2D eigenvalue weighted by Gasteiger charge is -2.21. The normalized spacial score (nSPS) is 10.5. The number of benzene rings is 1. The maximum Gasteiger partial charge on any atom is 0.272 e. The van der Waals surface area contributed by atoms with E-state index in [2.05, 4.69) is 49.0 Å². The summed E-state index contributed by atoms with van der Waals surface area (Å²) < 4.78 is 0. The van der Waals surface area contributed by atoms with E-state index in [1.165, 1.54) is 17.5 Å². The number of amides is 1. The second-order valence-electron chi connectivity index (χ2n) is 5.95. The number of aromatic nitrogens is 2. The van der Waals surface area contributed by atoms with Gasteiger partial charge < -0.3 is 10.2 Å². The standard InChI is InChI=1S/C19H26N4O/c1-5-10-23(11-6-2)19(24)17-12-18(21-13-20-17)22-16-9-7-8-14(3)15(16)4/h7-9,12-13H,5-6,10-11H2,1-4H3,(H,20,21,22). The van der Waals surface area contributed by atoms with E-state index in [1.54, 1.807) is 6.07 Å². The first kappa shape index (κ1) is 17.9. The molecule has 0 aliphatic carbocycles. The van der Waals surface area contributed by atoms with Crippen LogP contribution in [0.2, 0.25) is 0 Å². The third-order valence-electron chi connectivity index (χ3n) is 4.03. The van der Waals surface area contributed by atoms with Crippen LogP contribution >= 0.6 is 0 Å². The van der Waals surface area contributed by atoms with Crippen molar-refractivity contribution in [1.82, 2.24) is 14.9 Å². The highest BCUT2D eigenvalue weighted by atomic mass is 16.2. The minimum atomic E-state index is -0.0369. The number of carbonyl (C=O) groups excluding carboxylic acids is 1. The molecule has 0 saturated carbocycles. The number of nitrogens with one attached hydrogen (secondary N) is 1. The Kier molecular flexibility index (Phi) is 6.29. The van der Waals surface area contributed by atoms with Crippen LogP contribution in [0.3, 0.4) is 0 Å². The van der Waals surface area contributed by atoms with Gasteiger partial charge in [0.05, 0.1) is 0 Å². The van der Waals surface area contributed by atoms with Crippen LogP contribution in [0.5, 0.6) is 0 Å². The van der Waals surface area contributed by atoms with Crippen molar-refractivity contribution in [2.24, 2.45) is 0 Å². The highest BCUT2D eigenvalue weighted by Crippen LogP contribution is 2.22. The Balaban J connectivity index is 2.22. The van der Waals surface area contributed by atoms with Gasteiger partial charge in [0.2, 0.25) is 0 Å². The lowest BCUT2D eigenvalue weighted by molar-refractivity contribution is 0.0749. The van der Waals surface area contributed by atoms with Crippen LogP contribution in [0.15, 0.2) is 30.6 Å². The number of rotatable bonds is 7. The molecule has 0 saturated heterocycles. The van der Waals surface area contributed by atoms with Gasteiger partial charge in [-0.05, 0) is 43.9 Å². The summed E-state index contributed by atoms with van der Waals surface area (Å²) in [5.41, 5.74) is 3.80. The average Bonchev–Trinajstić information content (AvgIpc) is 2.58. The second-order valence-corrected chi connectivity index (χ2v) is 5.95. The van der Waals surface area contributed by atoms with Crippen LogP contribution in [0.25, 0.3) is 0 Å². The van der Waals surface area contributed by atoms with Crippen LogP contribution in [-0.2, 0) is 0 Å². The Bertz CT molecular complexity index is 694. The molecular formula is C19H26N4O. The molecule has 0 bridgehead atoms. The maximum absolute atomic E-state index is 12.7. The average molecular weight is 326 g/mol. The Morgan fingerprint density at radius 3 is 2.50 bits per heavy atom. The molecule has 2 aromatic rings. The zero-order valence-electron chi connectivity index (χ0n) is 15.0. The van der Waals surface area contributed by atoms with Crippen molar-refractivity contribution >= 4 is 17.4 Å². The monoisotopic (exact) mass is 326 g/mol. The van der Waals surface area contributed by atoms with E-state index in [4.69, 9.17) is 0 Å². The molecule has 5 nitrogen and oxygen atoms in total. The fourth-order valence-corrected chi connectivity index (χ4v) is 2.58. The third kappa shape index (κ3) is 4.31. The molecule has 1 N–H and O–H groups in total. The van der Waals surface area contributed by atoms with Crippen molar-refractivity contribution in [3.05, 3.63) is 47.4 Å². The van der Waals surface area contributed by atoms with Crippen LogP contribution in [0.1, 0.15) is 48.3 Å². The number of carbonyl (C=O) groups is 1. The summed E-state index contributed by atoms with van der Waals surface area (Å²) in [5, 5.41) is 3.29. The van der Waals surface area contributed by atoms with Crippen LogP contribution in [0.4, 0.5) is 11.5 Å². The van der Waals surface area contributed by atoms with Crippen molar-refractivity contribution in [2.45, 2.75) is 40.5 Å². The number of hydrogen-bond donors (Lipinski definition) is 1. The Morgan fingerprint density at radius 1 is 1.12 bits per heavy atom. The van der Waals surface area contributed by atoms with Crippen molar-refractivity contribution in [1.29, 1.82) is 0 Å². The zero-order chi connectivity index (χ0) is 17.5. The Labute approximate surface area is 144 Å². The third-order valence-corrected chi connectivity index (χ3v) is 4.03. The zero-order valence-corrected chi connectivity index (χ0v) is 15.0. The predicted octanol–water partition coefficient (Wildman–Crippen LogP) is 4.10. The van der Waals surface area contributed by atoms with Gasteiger partial charge in [0, 0.05) is 24.8 Å². The van der Waals surface area contributed by atoms with Crippen molar-refractivity contribution in [2.75, 3.05) is 18.4 Å².